The lowest BCUT2D eigenvalue weighted by Crippen LogP contribution is -2.25. The molecule has 0 bridgehead atoms. The molecule has 0 aliphatic heterocycles. The number of hydrogen-bond acceptors (Lipinski definition) is 4. The third-order valence-electron chi connectivity index (χ3n) is 1.25. The van der Waals surface area contributed by atoms with E-state index in [0.717, 1.165) is 10.8 Å². The van der Waals surface area contributed by atoms with Crippen molar-refractivity contribution >= 4 is 34.5 Å². The van der Waals surface area contributed by atoms with Gasteiger partial charge in [0.1, 0.15) is 12.0 Å². The average molecular weight is 328 g/mol. The first-order valence-electron chi connectivity index (χ1n) is 4.78. The summed E-state index contributed by atoms with van der Waals surface area (Å²) >= 11 is 2.19. The third-order valence-corrected chi connectivity index (χ3v) is 2.01. The number of rotatable bonds is 5. The van der Waals surface area contributed by atoms with Gasteiger partial charge < -0.3 is 9.47 Å². The van der Waals surface area contributed by atoms with Gasteiger partial charge in [-0.25, -0.2) is 0 Å². The molecule has 0 amide bonds. The maximum atomic E-state index is 11.2. The van der Waals surface area contributed by atoms with Crippen LogP contribution in [0, 0.1) is 0 Å². The van der Waals surface area contributed by atoms with E-state index in [4.69, 9.17) is 9.47 Å². The molecule has 0 spiro atoms. The zero-order valence-electron chi connectivity index (χ0n) is 9.34. The number of ether oxygens (including phenoxy) is 2. The van der Waals surface area contributed by atoms with Crippen LogP contribution in [0.1, 0.15) is 33.6 Å². The molecule has 0 aromatic rings. The van der Waals surface area contributed by atoms with Crippen LogP contribution >= 0.6 is 22.6 Å². The van der Waals surface area contributed by atoms with Crippen LogP contribution in [0.4, 0.5) is 0 Å². The lowest BCUT2D eigenvalue weighted by atomic mass is 10.2. The van der Waals surface area contributed by atoms with E-state index < -0.39 is 17.5 Å². The van der Waals surface area contributed by atoms with E-state index in [1.165, 1.54) is 0 Å². The number of hydrogen-bond donors (Lipinski definition) is 0. The zero-order valence-corrected chi connectivity index (χ0v) is 11.5. The summed E-state index contributed by atoms with van der Waals surface area (Å²) in [5, 5.41) is 0. The zero-order chi connectivity index (χ0) is 11.9. The monoisotopic (exact) mass is 328 g/mol. The second kappa shape index (κ2) is 7.03. The summed E-state index contributed by atoms with van der Waals surface area (Å²) in [5.74, 6) is -1.06. The molecular weight excluding hydrogens is 311 g/mol. The number of carbonyl (C=O) groups is 2. The number of esters is 2. The Balaban J connectivity index is 3.72. The van der Waals surface area contributed by atoms with Crippen LogP contribution < -0.4 is 0 Å². The van der Waals surface area contributed by atoms with Crippen LogP contribution in [-0.4, -0.2) is 28.6 Å². The second-order valence-electron chi connectivity index (χ2n) is 4.03. The summed E-state index contributed by atoms with van der Waals surface area (Å²) in [4.78, 5) is 22.3. The molecule has 5 heteroatoms. The van der Waals surface area contributed by atoms with Crippen LogP contribution in [-0.2, 0) is 19.1 Å². The summed E-state index contributed by atoms with van der Waals surface area (Å²) < 4.78 is 10.7. The fourth-order valence-electron chi connectivity index (χ4n) is 0.787. The van der Waals surface area contributed by atoms with Gasteiger partial charge in [0.15, 0.2) is 0 Å². The van der Waals surface area contributed by atoms with E-state index in [2.05, 4.69) is 22.6 Å². The van der Waals surface area contributed by atoms with E-state index in [9.17, 15) is 9.59 Å². The quantitative estimate of drug-likeness (QED) is 0.255. The lowest BCUT2D eigenvalue weighted by molar-refractivity contribution is -0.161. The van der Waals surface area contributed by atoms with E-state index in [-0.39, 0.29) is 6.42 Å². The van der Waals surface area contributed by atoms with E-state index in [1.807, 2.05) is 0 Å². The molecule has 0 radical (unpaired) electrons. The number of halogens is 1. The summed E-state index contributed by atoms with van der Waals surface area (Å²) in [7, 11) is 0. The first-order chi connectivity index (χ1) is 6.85. The van der Waals surface area contributed by atoms with Gasteiger partial charge in [0.25, 0.3) is 0 Å². The molecule has 0 saturated carbocycles. The smallest absolute Gasteiger partial charge is 0.317 e. The Labute approximate surface area is 104 Å². The van der Waals surface area contributed by atoms with Gasteiger partial charge in [-0.05, 0) is 27.2 Å². The van der Waals surface area contributed by atoms with E-state index >= 15 is 0 Å². The minimum Gasteiger partial charge on any atom is -0.465 e. The topological polar surface area (TPSA) is 52.6 Å². The normalized spacial score (nSPS) is 10.9. The molecule has 0 fully saturated rings. The van der Waals surface area contributed by atoms with Crippen molar-refractivity contribution in [2.24, 2.45) is 0 Å². The first kappa shape index (κ1) is 14.7. The van der Waals surface area contributed by atoms with Gasteiger partial charge in [-0.2, -0.15) is 0 Å². The summed E-state index contributed by atoms with van der Waals surface area (Å²) in [5.41, 5.74) is -0.556. The maximum absolute atomic E-state index is 11.2. The standard InChI is InChI=1S/C10H17IO4/c1-10(2,3)15-9(13)7-8(12)14-6-4-5-11/h4-7H2,1-3H3. The van der Waals surface area contributed by atoms with Crippen LogP contribution in [0.3, 0.4) is 0 Å². The highest BCUT2D eigenvalue weighted by molar-refractivity contribution is 14.1. The molecule has 0 aliphatic carbocycles. The van der Waals surface area contributed by atoms with Gasteiger partial charge in [-0.3, -0.25) is 9.59 Å². The molecule has 0 N–H and O–H groups in total. The molecule has 4 nitrogen and oxygen atoms in total. The molecule has 15 heavy (non-hydrogen) atoms. The predicted molar refractivity (Wildman–Crippen MR) is 64.9 cm³/mol. The van der Waals surface area contributed by atoms with Gasteiger partial charge >= 0.3 is 11.9 Å². The first-order valence-corrected chi connectivity index (χ1v) is 6.31. The van der Waals surface area contributed by atoms with Crippen molar-refractivity contribution in [3.8, 4) is 0 Å². The summed E-state index contributed by atoms with van der Waals surface area (Å²) in [6.45, 7) is 5.63. The fourth-order valence-corrected chi connectivity index (χ4v) is 1.10. The van der Waals surface area contributed by atoms with Crippen molar-refractivity contribution in [1.29, 1.82) is 0 Å². The van der Waals surface area contributed by atoms with Crippen molar-refractivity contribution in [3.63, 3.8) is 0 Å². The van der Waals surface area contributed by atoms with Crippen LogP contribution in [0.5, 0.6) is 0 Å². The summed E-state index contributed by atoms with van der Waals surface area (Å²) in [6.07, 6.45) is 0.499. The van der Waals surface area contributed by atoms with E-state index in [1.54, 1.807) is 20.8 Å². The molecule has 0 atom stereocenters. The highest BCUT2D eigenvalue weighted by Gasteiger charge is 2.19. The summed E-state index contributed by atoms with van der Waals surface area (Å²) in [6, 6.07) is 0. The van der Waals surface area contributed by atoms with Gasteiger partial charge in [0.05, 0.1) is 6.61 Å². The Morgan fingerprint density at radius 2 is 1.80 bits per heavy atom. The molecule has 0 aromatic carbocycles. The maximum Gasteiger partial charge on any atom is 0.317 e. The van der Waals surface area contributed by atoms with Gasteiger partial charge in [-0.1, -0.05) is 22.6 Å². The van der Waals surface area contributed by atoms with Crippen LogP contribution in [0.2, 0.25) is 0 Å². The Kier molecular flexibility index (Phi) is 6.87. The second-order valence-corrected chi connectivity index (χ2v) is 5.10. The van der Waals surface area contributed by atoms with Crippen molar-refractivity contribution in [3.05, 3.63) is 0 Å². The number of carbonyl (C=O) groups excluding carboxylic acids is 2. The molecule has 0 aromatic heterocycles. The van der Waals surface area contributed by atoms with Crippen molar-refractivity contribution < 1.29 is 19.1 Å². The predicted octanol–water partition coefficient (Wildman–Crippen LogP) is 2.09. The molecule has 0 unspecified atom stereocenters. The number of alkyl halides is 1. The molecule has 0 aliphatic rings. The van der Waals surface area contributed by atoms with Gasteiger partial charge in [0, 0.05) is 4.43 Å². The Morgan fingerprint density at radius 3 is 2.27 bits per heavy atom. The Hall–Kier alpha value is -0.330. The highest BCUT2D eigenvalue weighted by atomic mass is 127. The molecule has 0 rings (SSSR count). The van der Waals surface area contributed by atoms with Gasteiger partial charge in [-0.15, -0.1) is 0 Å². The van der Waals surface area contributed by atoms with Gasteiger partial charge in [0.2, 0.25) is 0 Å². The third kappa shape index (κ3) is 9.96. The minimum atomic E-state index is -0.556. The lowest BCUT2D eigenvalue weighted by Gasteiger charge is -2.18. The molecule has 88 valence electrons. The van der Waals surface area contributed by atoms with Crippen LogP contribution in [0.25, 0.3) is 0 Å². The molecule has 0 heterocycles. The van der Waals surface area contributed by atoms with Crippen molar-refractivity contribution in [1.82, 2.24) is 0 Å². The highest BCUT2D eigenvalue weighted by Crippen LogP contribution is 2.08. The Bertz CT molecular complexity index is 220. The molecule has 0 saturated heterocycles. The Morgan fingerprint density at radius 1 is 1.20 bits per heavy atom. The minimum absolute atomic E-state index is 0.307. The van der Waals surface area contributed by atoms with Crippen LogP contribution in [0.15, 0.2) is 0 Å². The SMILES string of the molecule is CC(C)(C)OC(=O)CC(=O)OCCCI. The van der Waals surface area contributed by atoms with Crippen molar-refractivity contribution in [2.75, 3.05) is 11.0 Å². The average Bonchev–Trinajstić information content (AvgIpc) is 2.00. The van der Waals surface area contributed by atoms with E-state index in [0.29, 0.717) is 6.61 Å². The fraction of sp³-hybridized carbons (Fsp3) is 0.800. The largest absolute Gasteiger partial charge is 0.465 e. The van der Waals surface area contributed by atoms with Crippen molar-refractivity contribution in [2.45, 2.75) is 39.2 Å². The molecular formula is C10H17IO4.